The Morgan fingerprint density at radius 3 is 2.77 bits per heavy atom. The van der Waals surface area contributed by atoms with E-state index >= 15 is 0 Å². The number of hydrogen-bond donors (Lipinski definition) is 1. The second kappa shape index (κ2) is 5.81. The fraction of sp³-hybridized carbons (Fsp3) is 0.375. The van der Waals surface area contributed by atoms with Crippen LogP contribution in [0.5, 0.6) is 0 Å². The summed E-state index contributed by atoms with van der Waals surface area (Å²) in [4.78, 5) is 31.6. The molecule has 2 aliphatic rings. The summed E-state index contributed by atoms with van der Waals surface area (Å²) in [5.41, 5.74) is 1.62. The number of benzene rings is 1. The van der Waals surface area contributed by atoms with Crippen molar-refractivity contribution in [3.05, 3.63) is 48.2 Å². The Labute approximate surface area is 129 Å². The molecule has 3 rings (SSSR count). The van der Waals surface area contributed by atoms with Crippen LogP contribution < -0.4 is 5.32 Å². The predicted molar refractivity (Wildman–Crippen MR) is 80.3 cm³/mol. The second-order valence-electron chi connectivity index (χ2n) is 5.45. The van der Waals surface area contributed by atoms with Gasteiger partial charge in [0, 0.05) is 12.7 Å². The number of amides is 3. The van der Waals surface area contributed by atoms with Gasteiger partial charge in [-0.05, 0) is 18.4 Å². The minimum atomic E-state index is -0.494. The van der Waals surface area contributed by atoms with Gasteiger partial charge in [-0.25, -0.2) is 4.79 Å². The molecule has 1 N–H and O–H groups in total. The topological polar surface area (TPSA) is 61.9 Å². The molecular formula is C16H19N3O3. The van der Waals surface area contributed by atoms with Crippen LogP contribution in [-0.4, -0.2) is 41.0 Å². The highest BCUT2D eigenvalue weighted by atomic mass is 16.7. The van der Waals surface area contributed by atoms with Crippen molar-refractivity contribution >= 4 is 11.9 Å². The Morgan fingerprint density at radius 1 is 1.36 bits per heavy atom. The van der Waals surface area contributed by atoms with E-state index in [0.717, 1.165) is 5.56 Å². The summed E-state index contributed by atoms with van der Waals surface area (Å²) in [7, 11) is 1.57. The van der Waals surface area contributed by atoms with E-state index in [1.165, 1.54) is 9.96 Å². The van der Waals surface area contributed by atoms with Crippen molar-refractivity contribution in [2.45, 2.75) is 31.5 Å². The lowest BCUT2D eigenvalue weighted by atomic mass is 9.98. The van der Waals surface area contributed by atoms with E-state index in [1.807, 2.05) is 30.3 Å². The van der Waals surface area contributed by atoms with Crippen molar-refractivity contribution in [3.8, 4) is 0 Å². The first-order chi connectivity index (χ1) is 10.6. The summed E-state index contributed by atoms with van der Waals surface area (Å²) in [6.07, 6.45) is 1.29. The van der Waals surface area contributed by atoms with Gasteiger partial charge < -0.3 is 5.32 Å². The molecule has 2 bridgehead atoms. The minimum Gasteiger partial charge on any atom is -0.357 e. The summed E-state index contributed by atoms with van der Waals surface area (Å²) in [6.45, 7) is 4.28. The molecule has 2 aliphatic heterocycles. The van der Waals surface area contributed by atoms with Gasteiger partial charge in [0.2, 0.25) is 5.91 Å². The lowest BCUT2D eigenvalue weighted by Gasteiger charge is -2.30. The maximum atomic E-state index is 12.5. The number of likely N-dealkylation sites (N-methyl/N-ethyl adjacent to an activating group) is 1. The molecule has 0 aromatic heterocycles. The molecule has 1 aromatic rings. The highest BCUT2D eigenvalue weighted by Crippen LogP contribution is 2.37. The van der Waals surface area contributed by atoms with Crippen LogP contribution in [0.25, 0.3) is 0 Å². The summed E-state index contributed by atoms with van der Waals surface area (Å²) in [6, 6.07) is 8.67. The number of carbonyl (C=O) groups excluding carboxylic acids is 2. The molecule has 2 saturated heterocycles. The van der Waals surface area contributed by atoms with Crippen LogP contribution in [0.15, 0.2) is 42.6 Å². The molecule has 0 saturated carbocycles. The lowest BCUT2D eigenvalue weighted by molar-refractivity contribution is -0.137. The lowest BCUT2D eigenvalue weighted by Crippen LogP contribution is -2.47. The number of carbonyl (C=O) groups is 2. The molecule has 6 nitrogen and oxygen atoms in total. The number of hydroxylamine groups is 2. The molecular weight excluding hydrogens is 282 g/mol. The number of piperidine rings is 1. The average Bonchev–Trinajstić information content (AvgIpc) is 2.69. The molecule has 0 unspecified atom stereocenters. The number of fused-ring (bicyclic) bond motifs is 2. The Hall–Kier alpha value is -2.34. The summed E-state index contributed by atoms with van der Waals surface area (Å²) < 4.78 is 0. The average molecular weight is 301 g/mol. The van der Waals surface area contributed by atoms with E-state index in [9.17, 15) is 9.59 Å². The molecule has 6 heteroatoms. The van der Waals surface area contributed by atoms with E-state index in [2.05, 4.69) is 11.9 Å². The molecule has 2 atom stereocenters. The van der Waals surface area contributed by atoms with E-state index in [-0.39, 0.29) is 18.0 Å². The number of rotatable bonds is 4. The van der Waals surface area contributed by atoms with E-state index in [1.54, 1.807) is 7.05 Å². The zero-order valence-corrected chi connectivity index (χ0v) is 12.5. The highest BCUT2D eigenvalue weighted by molar-refractivity contribution is 5.90. The van der Waals surface area contributed by atoms with Crippen LogP contribution in [-0.2, 0) is 16.2 Å². The Balaban J connectivity index is 1.74. The summed E-state index contributed by atoms with van der Waals surface area (Å²) in [5, 5.41) is 3.96. The maximum Gasteiger partial charge on any atom is 0.349 e. The maximum absolute atomic E-state index is 12.5. The Morgan fingerprint density at radius 2 is 2.09 bits per heavy atom. The van der Waals surface area contributed by atoms with Crippen LogP contribution in [0.1, 0.15) is 18.4 Å². The van der Waals surface area contributed by atoms with Crippen molar-refractivity contribution in [1.29, 1.82) is 0 Å². The van der Waals surface area contributed by atoms with Crippen LogP contribution in [0, 0.1) is 0 Å². The molecule has 3 amide bonds. The van der Waals surface area contributed by atoms with Crippen LogP contribution in [0.3, 0.4) is 0 Å². The van der Waals surface area contributed by atoms with Crippen LogP contribution in [0.2, 0.25) is 0 Å². The number of hydrogen-bond acceptors (Lipinski definition) is 3. The molecule has 2 fully saturated rings. The van der Waals surface area contributed by atoms with Crippen molar-refractivity contribution < 1.29 is 14.4 Å². The van der Waals surface area contributed by atoms with Gasteiger partial charge >= 0.3 is 6.03 Å². The largest absolute Gasteiger partial charge is 0.357 e. The molecule has 0 radical (unpaired) electrons. The Bertz CT molecular complexity index is 602. The van der Waals surface area contributed by atoms with Gasteiger partial charge in [-0.1, -0.05) is 36.9 Å². The van der Waals surface area contributed by atoms with Gasteiger partial charge in [0.05, 0.1) is 0 Å². The normalized spacial score (nSPS) is 23.9. The molecule has 2 heterocycles. The third-order valence-electron chi connectivity index (χ3n) is 4.16. The van der Waals surface area contributed by atoms with Gasteiger partial charge in [-0.2, -0.15) is 5.06 Å². The van der Waals surface area contributed by atoms with Gasteiger partial charge in [0.15, 0.2) is 0 Å². The summed E-state index contributed by atoms with van der Waals surface area (Å²) >= 11 is 0. The molecule has 116 valence electrons. The number of urea groups is 1. The van der Waals surface area contributed by atoms with E-state index in [4.69, 9.17) is 4.84 Å². The molecule has 0 aliphatic carbocycles. The monoisotopic (exact) mass is 301 g/mol. The quantitative estimate of drug-likeness (QED) is 0.920. The second-order valence-corrected chi connectivity index (χ2v) is 5.45. The SMILES string of the molecule is C=C1[C@H]2CC[C@@H](C(=O)NC)N1C(=O)N2OCc1ccccc1. The minimum absolute atomic E-state index is 0.169. The Kier molecular flexibility index (Phi) is 3.85. The molecule has 22 heavy (non-hydrogen) atoms. The smallest absolute Gasteiger partial charge is 0.349 e. The van der Waals surface area contributed by atoms with Crippen molar-refractivity contribution in [1.82, 2.24) is 15.3 Å². The third-order valence-corrected chi connectivity index (χ3v) is 4.16. The van der Waals surface area contributed by atoms with E-state index in [0.29, 0.717) is 25.1 Å². The number of nitrogens with zero attached hydrogens (tertiary/aromatic N) is 2. The fourth-order valence-electron chi connectivity index (χ4n) is 3.00. The van der Waals surface area contributed by atoms with Crippen LogP contribution in [0.4, 0.5) is 4.79 Å². The predicted octanol–water partition coefficient (Wildman–Crippen LogP) is 1.65. The van der Waals surface area contributed by atoms with Crippen molar-refractivity contribution in [3.63, 3.8) is 0 Å². The first-order valence-electron chi connectivity index (χ1n) is 7.33. The molecule has 1 aromatic carbocycles. The third kappa shape index (κ3) is 2.35. The van der Waals surface area contributed by atoms with Gasteiger partial charge in [0.1, 0.15) is 18.7 Å². The standard InChI is InChI=1S/C16H19N3O3/c1-11-13-8-9-14(15(20)17-2)18(11)16(21)19(13)22-10-12-6-4-3-5-7-12/h3-7,13-14H,1,8-10H2,2H3,(H,17,20)/t13-,14+/m1/s1. The first-order valence-corrected chi connectivity index (χ1v) is 7.33. The van der Waals surface area contributed by atoms with Crippen molar-refractivity contribution in [2.24, 2.45) is 0 Å². The van der Waals surface area contributed by atoms with E-state index < -0.39 is 6.04 Å². The van der Waals surface area contributed by atoms with Gasteiger partial charge in [-0.15, -0.1) is 0 Å². The first kappa shape index (κ1) is 14.6. The molecule has 0 spiro atoms. The van der Waals surface area contributed by atoms with Gasteiger partial charge in [0.25, 0.3) is 0 Å². The highest BCUT2D eigenvalue weighted by Gasteiger charge is 2.50. The summed E-state index contributed by atoms with van der Waals surface area (Å²) in [5.74, 6) is -0.169. The zero-order valence-electron chi connectivity index (χ0n) is 12.5. The van der Waals surface area contributed by atoms with Crippen molar-refractivity contribution in [2.75, 3.05) is 7.05 Å². The fourth-order valence-corrected chi connectivity index (χ4v) is 3.00. The zero-order chi connectivity index (χ0) is 15.7. The van der Waals surface area contributed by atoms with Gasteiger partial charge in [-0.3, -0.25) is 14.5 Å². The number of nitrogens with one attached hydrogen (secondary N) is 1. The van der Waals surface area contributed by atoms with Crippen LogP contribution >= 0.6 is 0 Å².